The van der Waals surface area contributed by atoms with Crippen molar-refractivity contribution in [3.05, 3.63) is 66.0 Å². The second-order valence-corrected chi connectivity index (χ2v) is 9.87. The molecule has 4 N–H and O–H groups in total. The summed E-state index contributed by atoms with van der Waals surface area (Å²) in [5.74, 6) is -0.977. The number of nitrogens with one attached hydrogen (secondary N) is 3. The number of imidazole rings is 1. The van der Waals surface area contributed by atoms with Crippen LogP contribution in [-0.2, 0) is 20.8 Å². The average molecular weight is 576 g/mol. The van der Waals surface area contributed by atoms with Crippen LogP contribution in [0.3, 0.4) is 0 Å². The summed E-state index contributed by atoms with van der Waals surface area (Å²) in [6.07, 6.45) is 6.23. The standard InChI is InChI=1S/C27H29N9O6/c1-2-28-27(39)32-24-21-25(30-13-29-24)36(14-31-21)18-10-16(11-40-12-17-20(26(37)38)34-35-33-17)22-23(18)42-19(41-22)9-8-15-6-4-3-5-7-15/h3-9,13-14,16,18-19,22-23H,2,10-12H2,1H3,(H,37,38)(H,33,34,35)(H2,28,29,30,32,39)/t16?,18?,19-,22?,23?/m0/s1. The number of aromatic nitrogens is 7. The van der Waals surface area contributed by atoms with Crippen molar-refractivity contribution in [2.75, 3.05) is 18.5 Å². The minimum atomic E-state index is -1.18. The lowest BCUT2D eigenvalue weighted by Gasteiger charge is -2.19. The molecule has 4 unspecified atom stereocenters. The summed E-state index contributed by atoms with van der Waals surface area (Å²) < 4.78 is 20.6. The monoisotopic (exact) mass is 575 g/mol. The number of aromatic carboxylic acids is 1. The molecule has 6 rings (SSSR count). The Labute approximate surface area is 239 Å². The maximum Gasteiger partial charge on any atom is 0.358 e. The number of carbonyl (C=O) groups excluding carboxylic acids is 1. The molecule has 1 saturated carbocycles. The largest absolute Gasteiger partial charge is 0.476 e. The first-order valence-electron chi connectivity index (χ1n) is 13.5. The van der Waals surface area contributed by atoms with Crippen molar-refractivity contribution in [1.29, 1.82) is 0 Å². The van der Waals surface area contributed by atoms with E-state index in [1.807, 2.05) is 54.0 Å². The second-order valence-electron chi connectivity index (χ2n) is 9.87. The first-order valence-corrected chi connectivity index (χ1v) is 13.5. The predicted molar refractivity (Wildman–Crippen MR) is 147 cm³/mol. The van der Waals surface area contributed by atoms with E-state index in [0.717, 1.165) is 5.56 Å². The summed E-state index contributed by atoms with van der Waals surface area (Å²) in [6.45, 7) is 2.54. The van der Waals surface area contributed by atoms with Crippen LogP contribution in [0.25, 0.3) is 17.2 Å². The lowest BCUT2D eigenvalue weighted by molar-refractivity contribution is -0.0587. The molecule has 0 radical (unpaired) electrons. The number of benzene rings is 1. The van der Waals surface area contributed by atoms with Gasteiger partial charge in [0.25, 0.3) is 0 Å². The number of urea groups is 1. The fraction of sp³-hybridized carbons (Fsp3) is 0.370. The number of carboxylic acid groups (broad SMARTS) is 1. The molecule has 1 aliphatic carbocycles. The van der Waals surface area contributed by atoms with Gasteiger partial charge in [-0.1, -0.05) is 36.4 Å². The fourth-order valence-electron chi connectivity index (χ4n) is 5.37. The van der Waals surface area contributed by atoms with Gasteiger partial charge < -0.3 is 29.2 Å². The van der Waals surface area contributed by atoms with Crippen LogP contribution in [0.5, 0.6) is 0 Å². The Hall–Kier alpha value is -4.73. The van der Waals surface area contributed by atoms with E-state index in [1.165, 1.54) is 6.33 Å². The second kappa shape index (κ2) is 12.0. The van der Waals surface area contributed by atoms with Crippen LogP contribution in [0.1, 0.15) is 41.1 Å². The molecule has 1 aliphatic heterocycles. The van der Waals surface area contributed by atoms with Crippen molar-refractivity contribution < 1.29 is 28.9 Å². The van der Waals surface area contributed by atoms with Crippen LogP contribution in [0.2, 0.25) is 0 Å². The van der Waals surface area contributed by atoms with Gasteiger partial charge in [0, 0.05) is 12.5 Å². The number of ether oxygens (including phenoxy) is 3. The smallest absolute Gasteiger partial charge is 0.358 e. The van der Waals surface area contributed by atoms with Crippen molar-refractivity contribution in [3.63, 3.8) is 0 Å². The van der Waals surface area contributed by atoms with Gasteiger partial charge in [0.1, 0.15) is 18.1 Å². The third kappa shape index (κ3) is 5.57. The molecule has 42 heavy (non-hydrogen) atoms. The number of hydrogen-bond donors (Lipinski definition) is 4. The van der Waals surface area contributed by atoms with Gasteiger partial charge in [0.05, 0.1) is 31.7 Å². The Bertz CT molecular complexity index is 1590. The van der Waals surface area contributed by atoms with Crippen molar-refractivity contribution in [3.8, 4) is 0 Å². The van der Waals surface area contributed by atoms with Gasteiger partial charge in [-0.3, -0.25) is 5.32 Å². The molecular weight excluding hydrogens is 546 g/mol. The third-order valence-corrected chi connectivity index (χ3v) is 7.22. The SMILES string of the molecule is CCNC(=O)Nc1ncnc2c1ncn2C1CC(COCc2n[nH]nc2C(=O)O)C2O[C@H](C=Cc3ccccc3)OC21. The topological polar surface area (TPSA) is 191 Å². The van der Waals surface area contributed by atoms with Gasteiger partial charge in [-0.25, -0.2) is 24.5 Å². The van der Waals surface area contributed by atoms with E-state index in [0.29, 0.717) is 29.9 Å². The van der Waals surface area contributed by atoms with Crippen molar-refractivity contribution >= 4 is 35.1 Å². The van der Waals surface area contributed by atoms with E-state index in [2.05, 4.69) is 41.0 Å². The van der Waals surface area contributed by atoms with Crippen molar-refractivity contribution in [2.24, 2.45) is 5.92 Å². The van der Waals surface area contributed by atoms with Gasteiger partial charge in [-0.2, -0.15) is 10.3 Å². The Balaban J connectivity index is 1.23. The number of rotatable bonds is 10. The van der Waals surface area contributed by atoms with E-state index in [-0.39, 0.29) is 54.8 Å². The molecule has 218 valence electrons. The molecular formula is C27H29N9O6. The lowest BCUT2D eigenvalue weighted by atomic mass is 10.1. The molecule has 15 nitrogen and oxygen atoms in total. The van der Waals surface area contributed by atoms with Crippen LogP contribution < -0.4 is 10.6 Å². The molecule has 0 spiro atoms. The van der Waals surface area contributed by atoms with E-state index in [1.54, 1.807) is 6.33 Å². The Kier molecular flexibility index (Phi) is 7.85. The highest BCUT2D eigenvalue weighted by Gasteiger charge is 2.52. The minimum absolute atomic E-state index is 0.0229. The summed E-state index contributed by atoms with van der Waals surface area (Å²) in [7, 11) is 0. The van der Waals surface area contributed by atoms with Gasteiger partial charge in [0.15, 0.2) is 29.0 Å². The molecule has 0 bridgehead atoms. The van der Waals surface area contributed by atoms with Crippen LogP contribution in [0.15, 0.2) is 49.1 Å². The predicted octanol–water partition coefficient (Wildman–Crippen LogP) is 2.39. The lowest BCUT2D eigenvalue weighted by Crippen LogP contribution is -2.29. The van der Waals surface area contributed by atoms with Gasteiger partial charge in [-0.15, -0.1) is 5.10 Å². The average Bonchev–Trinajstić information content (AvgIpc) is 3.77. The number of carboxylic acids is 1. The zero-order valence-electron chi connectivity index (χ0n) is 22.6. The highest BCUT2D eigenvalue weighted by atomic mass is 16.7. The molecule has 2 amide bonds. The summed E-state index contributed by atoms with van der Waals surface area (Å²) in [5, 5.41) is 24.6. The highest BCUT2D eigenvalue weighted by molar-refractivity contribution is 5.95. The summed E-state index contributed by atoms with van der Waals surface area (Å²) >= 11 is 0. The molecule has 3 aromatic heterocycles. The van der Waals surface area contributed by atoms with Crippen molar-refractivity contribution in [2.45, 2.75) is 44.5 Å². The van der Waals surface area contributed by atoms with E-state index < -0.39 is 12.3 Å². The molecule has 15 heteroatoms. The highest BCUT2D eigenvalue weighted by Crippen LogP contribution is 2.45. The van der Waals surface area contributed by atoms with Crippen LogP contribution in [-0.4, -0.2) is 83.7 Å². The molecule has 4 aromatic rings. The fourth-order valence-corrected chi connectivity index (χ4v) is 5.37. The number of aromatic amines is 1. The zero-order valence-corrected chi connectivity index (χ0v) is 22.6. The number of hydrogen-bond acceptors (Lipinski definition) is 10. The maximum absolute atomic E-state index is 12.1. The van der Waals surface area contributed by atoms with Crippen LogP contribution >= 0.6 is 0 Å². The first-order chi connectivity index (χ1) is 20.5. The summed E-state index contributed by atoms with van der Waals surface area (Å²) in [4.78, 5) is 36.7. The van der Waals surface area contributed by atoms with Gasteiger partial charge >= 0.3 is 12.0 Å². The Morgan fingerprint density at radius 1 is 1.17 bits per heavy atom. The molecule has 1 aromatic carbocycles. The van der Waals surface area contributed by atoms with Gasteiger partial charge in [0.2, 0.25) is 0 Å². The molecule has 2 aliphatic rings. The van der Waals surface area contributed by atoms with E-state index >= 15 is 0 Å². The number of fused-ring (bicyclic) bond motifs is 2. The van der Waals surface area contributed by atoms with Crippen LogP contribution in [0, 0.1) is 5.92 Å². The Morgan fingerprint density at radius 3 is 2.81 bits per heavy atom. The molecule has 4 heterocycles. The zero-order chi connectivity index (χ0) is 29.1. The van der Waals surface area contributed by atoms with Gasteiger partial charge in [-0.05, 0) is 25.0 Å². The number of amides is 2. The number of H-pyrrole nitrogens is 1. The summed E-state index contributed by atoms with van der Waals surface area (Å²) in [5.41, 5.74) is 2.05. The maximum atomic E-state index is 12.1. The minimum Gasteiger partial charge on any atom is -0.476 e. The number of carbonyl (C=O) groups is 2. The normalized spacial score (nSPS) is 23.4. The van der Waals surface area contributed by atoms with E-state index in [4.69, 9.17) is 14.2 Å². The molecule has 2 fully saturated rings. The third-order valence-electron chi connectivity index (χ3n) is 7.22. The Morgan fingerprint density at radius 2 is 2.00 bits per heavy atom. The number of anilines is 1. The molecule has 1 saturated heterocycles. The number of nitrogens with zero attached hydrogens (tertiary/aromatic N) is 6. The van der Waals surface area contributed by atoms with Crippen LogP contribution in [0.4, 0.5) is 10.6 Å². The van der Waals surface area contributed by atoms with E-state index in [9.17, 15) is 14.7 Å². The summed E-state index contributed by atoms with van der Waals surface area (Å²) in [6, 6.07) is 9.25. The molecule has 5 atom stereocenters. The quantitative estimate of drug-likeness (QED) is 0.217. The van der Waals surface area contributed by atoms with Crippen molar-refractivity contribution in [1.82, 2.24) is 40.2 Å². The first kappa shape index (κ1) is 27.4.